The van der Waals surface area contributed by atoms with Crippen LogP contribution in [0.1, 0.15) is 32.8 Å². The Balaban J connectivity index is 2.99. The molecule has 0 atom stereocenters. The molecule has 7 heteroatoms. The van der Waals surface area contributed by atoms with Gasteiger partial charge in [-0.2, -0.15) is 0 Å². The first kappa shape index (κ1) is 19.4. The number of nitrogens with one attached hydrogen (secondary N) is 1. The van der Waals surface area contributed by atoms with Gasteiger partial charge in [-0.25, -0.2) is 12.7 Å². The highest BCUT2D eigenvalue weighted by molar-refractivity contribution is 7.89. The van der Waals surface area contributed by atoms with Crippen molar-refractivity contribution in [1.82, 2.24) is 9.62 Å². The molecule has 0 bridgehead atoms. The predicted octanol–water partition coefficient (Wildman–Crippen LogP) is 1.79. The quantitative estimate of drug-likeness (QED) is 0.855. The Morgan fingerprint density at radius 2 is 1.87 bits per heavy atom. The van der Waals surface area contributed by atoms with Crippen molar-refractivity contribution >= 4 is 15.9 Å². The van der Waals surface area contributed by atoms with E-state index in [1.165, 1.54) is 27.3 Å². The maximum absolute atomic E-state index is 12.2. The van der Waals surface area contributed by atoms with Crippen LogP contribution < -0.4 is 10.1 Å². The Bertz CT molecular complexity index is 661. The van der Waals surface area contributed by atoms with Gasteiger partial charge in [0.2, 0.25) is 15.9 Å². The van der Waals surface area contributed by atoms with Crippen LogP contribution >= 0.6 is 0 Å². The fourth-order valence-corrected chi connectivity index (χ4v) is 3.00. The summed E-state index contributed by atoms with van der Waals surface area (Å²) in [7, 11) is 0.972. The number of nitrogens with zero attached hydrogens (tertiary/aromatic N) is 1. The third-order valence-electron chi connectivity index (χ3n) is 3.17. The van der Waals surface area contributed by atoms with Gasteiger partial charge in [-0.3, -0.25) is 4.79 Å². The van der Waals surface area contributed by atoms with Crippen LogP contribution in [0.25, 0.3) is 0 Å². The average molecular weight is 342 g/mol. The lowest BCUT2D eigenvalue weighted by molar-refractivity contribution is -0.122. The van der Waals surface area contributed by atoms with Crippen LogP contribution in [-0.2, 0) is 21.2 Å². The number of carbonyl (C=O) groups excluding carboxylic acids is 1. The molecule has 0 heterocycles. The van der Waals surface area contributed by atoms with Crippen molar-refractivity contribution in [2.75, 3.05) is 21.2 Å². The van der Waals surface area contributed by atoms with Gasteiger partial charge >= 0.3 is 0 Å². The molecule has 0 radical (unpaired) electrons. The van der Waals surface area contributed by atoms with Gasteiger partial charge in [0.25, 0.3) is 0 Å². The second-order valence-corrected chi connectivity index (χ2v) is 8.71. The van der Waals surface area contributed by atoms with Gasteiger partial charge in [0.15, 0.2) is 0 Å². The van der Waals surface area contributed by atoms with Crippen LogP contribution in [-0.4, -0.2) is 45.4 Å². The highest BCUT2D eigenvalue weighted by Crippen LogP contribution is 2.25. The molecule has 1 aromatic carbocycles. The van der Waals surface area contributed by atoms with E-state index in [1.54, 1.807) is 12.1 Å². The summed E-state index contributed by atoms with van der Waals surface area (Å²) in [6.45, 7) is 5.74. The molecule has 1 amide bonds. The zero-order valence-electron chi connectivity index (χ0n) is 14.6. The molecule has 0 saturated carbocycles. The van der Waals surface area contributed by atoms with E-state index in [2.05, 4.69) is 5.32 Å². The molecule has 0 aromatic heterocycles. The maximum Gasteiger partial charge on any atom is 0.242 e. The van der Waals surface area contributed by atoms with Crippen molar-refractivity contribution in [3.63, 3.8) is 0 Å². The molecule has 130 valence electrons. The maximum atomic E-state index is 12.2. The molecule has 23 heavy (non-hydrogen) atoms. The van der Waals surface area contributed by atoms with Crippen LogP contribution in [0.3, 0.4) is 0 Å². The van der Waals surface area contributed by atoms with Crippen molar-refractivity contribution < 1.29 is 17.9 Å². The largest absolute Gasteiger partial charge is 0.496 e. The number of aryl methyl sites for hydroxylation is 1. The predicted molar refractivity (Wildman–Crippen MR) is 90.1 cm³/mol. The Morgan fingerprint density at radius 1 is 1.26 bits per heavy atom. The van der Waals surface area contributed by atoms with Crippen molar-refractivity contribution in [3.05, 3.63) is 23.8 Å². The third-order valence-corrected chi connectivity index (χ3v) is 4.98. The molecule has 1 N–H and O–H groups in total. The number of sulfonamides is 1. The van der Waals surface area contributed by atoms with Gasteiger partial charge in [0.05, 0.1) is 12.0 Å². The first-order valence-electron chi connectivity index (χ1n) is 7.38. The van der Waals surface area contributed by atoms with Gasteiger partial charge in [0.1, 0.15) is 5.75 Å². The Labute approximate surface area is 138 Å². The number of methoxy groups -OCH3 is 1. The normalized spacial score (nSPS) is 12.3. The molecule has 0 unspecified atom stereocenters. The molecular weight excluding hydrogens is 316 g/mol. The molecule has 0 spiro atoms. The summed E-state index contributed by atoms with van der Waals surface area (Å²) in [4.78, 5) is 12.1. The second-order valence-electron chi connectivity index (χ2n) is 6.56. The van der Waals surface area contributed by atoms with E-state index >= 15 is 0 Å². The minimum Gasteiger partial charge on any atom is -0.496 e. The third kappa shape index (κ3) is 5.51. The summed E-state index contributed by atoms with van der Waals surface area (Å²) in [6, 6.07) is 4.69. The van der Waals surface area contributed by atoms with Crippen molar-refractivity contribution in [2.24, 2.45) is 0 Å². The topological polar surface area (TPSA) is 75.7 Å². The van der Waals surface area contributed by atoms with Crippen LogP contribution in [0, 0.1) is 0 Å². The lowest BCUT2D eigenvalue weighted by atomic mass is 10.1. The number of carbonyl (C=O) groups is 1. The molecule has 0 aliphatic heterocycles. The molecular formula is C16H26N2O4S. The number of ether oxygens (including phenoxy) is 1. The molecule has 0 fully saturated rings. The highest BCUT2D eigenvalue weighted by Gasteiger charge is 2.20. The fraction of sp³-hybridized carbons (Fsp3) is 0.562. The van der Waals surface area contributed by atoms with Crippen LogP contribution in [0.4, 0.5) is 0 Å². The van der Waals surface area contributed by atoms with E-state index in [0.717, 1.165) is 4.31 Å². The Kier molecular flexibility index (Phi) is 6.18. The van der Waals surface area contributed by atoms with E-state index in [9.17, 15) is 13.2 Å². The summed E-state index contributed by atoms with van der Waals surface area (Å²) < 4.78 is 30.9. The summed E-state index contributed by atoms with van der Waals surface area (Å²) >= 11 is 0. The number of rotatable bonds is 6. The monoisotopic (exact) mass is 342 g/mol. The van der Waals surface area contributed by atoms with Crippen molar-refractivity contribution in [1.29, 1.82) is 0 Å². The summed E-state index contributed by atoms with van der Waals surface area (Å²) in [5, 5.41) is 2.88. The number of benzene rings is 1. The average Bonchev–Trinajstić information content (AvgIpc) is 2.42. The molecule has 1 rings (SSSR count). The first-order chi connectivity index (χ1) is 10.5. The minimum absolute atomic E-state index is 0.0829. The second kappa shape index (κ2) is 7.31. The number of hydrogen-bond donors (Lipinski definition) is 1. The first-order valence-corrected chi connectivity index (χ1v) is 8.82. The lowest BCUT2D eigenvalue weighted by Gasteiger charge is -2.20. The van der Waals surface area contributed by atoms with E-state index in [0.29, 0.717) is 17.7 Å². The Morgan fingerprint density at radius 3 is 2.35 bits per heavy atom. The highest BCUT2D eigenvalue weighted by atomic mass is 32.2. The summed E-state index contributed by atoms with van der Waals surface area (Å²) in [6.07, 6.45) is 0.668. The van der Waals surface area contributed by atoms with Crippen LogP contribution in [0.15, 0.2) is 23.1 Å². The molecule has 1 aromatic rings. The van der Waals surface area contributed by atoms with Crippen LogP contribution in [0.2, 0.25) is 0 Å². The van der Waals surface area contributed by atoms with Gasteiger partial charge in [-0.05, 0) is 51.0 Å². The van der Waals surface area contributed by atoms with E-state index in [1.807, 2.05) is 20.8 Å². The SMILES string of the molecule is COc1ccc(S(=O)(=O)N(C)C)cc1CCC(=O)NC(C)(C)C. The van der Waals surface area contributed by atoms with Gasteiger partial charge in [-0.15, -0.1) is 0 Å². The molecule has 0 saturated heterocycles. The smallest absolute Gasteiger partial charge is 0.242 e. The standard InChI is InChI=1S/C16H26N2O4S/c1-16(2,3)17-15(19)10-7-12-11-13(8-9-14(12)22-6)23(20,21)18(4)5/h8-9,11H,7,10H2,1-6H3,(H,17,19). The van der Waals surface area contributed by atoms with Crippen LogP contribution in [0.5, 0.6) is 5.75 Å². The minimum atomic E-state index is -3.51. The summed E-state index contributed by atoms with van der Waals surface area (Å²) in [5.74, 6) is 0.492. The molecule has 0 aliphatic rings. The fourth-order valence-electron chi connectivity index (χ4n) is 2.05. The van der Waals surface area contributed by atoms with Gasteiger partial charge in [0, 0.05) is 26.1 Å². The van der Waals surface area contributed by atoms with Gasteiger partial charge in [-0.1, -0.05) is 0 Å². The lowest BCUT2D eigenvalue weighted by Crippen LogP contribution is -2.40. The van der Waals surface area contributed by atoms with Crippen molar-refractivity contribution in [3.8, 4) is 5.75 Å². The molecule has 0 aliphatic carbocycles. The zero-order chi connectivity index (χ0) is 17.8. The van der Waals surface area contributed by atoms with E-state index < -0.39 is 10.0 Å². The van der Waals surface area contributed by atoms with Gasteiger partial charge < -0.3 is 10.1 Å². The number of hydrogen-bond acceptors (Lipinski definition) is 4. The summed E-state index contributed by atoms with van der Waals surface area (Å²) in [5.41, 5.74) is 0.400. The number of amides is 1. The van der Waals surface area contributed by atoms with E-state index in [4.69, 9.17) is 4.74 Å². The zero-order valence-corrected chi connectivity index (χ0v) is 15.5. The Hall–Kier alpha value is -1.60. The van der Waals surface area contributed by atoms with E-state index in [-0.39, 0.29) is 22.8 Å². The van der Waals surface area contributed by atoms with Crippen molar-refractivity contribution in [2.45, 2.75) is 44.0 Å². The molecule has 6 nitrogen and oxygen atoms in total.